The molecule has 1 aromatic rings. The van der Waals surface area contributed by atoms with Gasteiger partial charge in [-0.3, -0.25) is 10.9 Å². The van der Waals surface area contributed by atoms with Crippen LogP contribution < -0.4 is 10.9 Å². The molecule has 0 amide bonds. The first-order chi connectivity index (χ1) is 9.63. The highest BCUT2D eigenvalue weighted by Crippen LogP contribution is 2.07. The number of hydrogen-bond donors (Lipinski definition) is 2. The van der Waals surface area contributed by atoms with Crippen LogP contribution in [0.2, 0.25) is 5.02 Å². The largest absolute Gasteiger partial charge is 0.304 e. The third-order valence-corrected chi connectivity index (χ3v) is 3.45. The van der Waals surface area contributed by atoms with Crippen molar-refractivity contribution < 1.29 is 0 Å². The van der Waals surface area contributed by atoms with Gasteiger partial charge in [0.25, 0.3) is 0 Å². The van der Waals surface area contributed by atoms with E-state index in [0.717, 1.165) is 31.7 Å². The molecule has 0 aliphatic carbocycles. The van der Waals surface area contributed by atoms with E-state index in [1.54, 1.807) is 6.21 Å². The van der Waals surface area contributed by atoms with Gasteiger partial charge in [-0.15, -0.1) is 0 Å². The third-order valence-electron chi connectivity index (χ3n) is 3.01. The Hall–Kier alpha value is -1.21. The molecule has 1 aliphatic rings. The van der Waals surface area contributed by atoms with E-state index in [2.05, 4.69) is 32.9 Å². The number of halogens is 1. The average molecular weight is 312 g/mol. The lowest BCUT2D eigenvalue weighted by Gasteiger charge is -2.32. The second-order valence-electron chi connectivity index (χ2n) is 4.65. The Morgan fingerprint density at radius 3 is 2.55 bits per heavy atom. The monoisotopic (exact) mass is 311 g/mol. The van der Waals surface area contributed by atoms with E-state index in [1.807, 2.05) is 24.3 Å². The summed E-state index contributed by atoms with van der Waals surface area (Å²) in [6.07, 6.45) is 1.70. The van der Waals surface area contributed by atoms with Gasteiger partial charge in [-0.2, -0.15) is 5.10 Å². The summed E-state index contributed by atoms with van der Waals surface area (Å²) in [6.45, 7) is 3.95. The zero-order chi connectivity index (χ0) is 14.4. The number of hydrazone groups is 1. The van der Waals surface area contributed by atoms with Crippen LogP contribution in [0.5, 0.6) is 0 Å². The van der Waals surface area contributed by atoms with Gasteiger partial charge in [-0.05, 0) is 37.0 Å². The van der Waals surface area contributed by atoms with Crippen molar-refractivity contribution in [3.63, 3.8) is 0 Å². The van der Waals surface area contributed by atoms with Crippen molar-refractivity contribution in [3.8, 4) is 0 Å². The predicted molar refractivity (Wildman–Crippen MR) is 87.0 cm³/mol. The Bertz CT molecular complexity index is 468. The maximum atomic E-state index is 5.82. The summed E-state index contributed by atoms with van der Waals surface area (Å²) in [4.78, 5) is 2.29. The van der Waals surface area contributed by atoms with Gasteiger partial charge < -0.3 is 4.90 Å². The number of likely N-dealkylation sites (N-methyl/N-ethyl adjacent to an activating group) is 1. The molecule has 1 saturated heterocycles. The zero-order valence-electron chi connectivity index (χ0n) is 11.3. The van der Waals surface area contributed by atoms with E-state index in [0.29, 0.717) is 10.1 Å². The van der Waals surface area contributed by atoms with Crippen LogP contribution in [0.15, 0.2) is 29.4 Å². The van der Waals surface area contributed by atoms with E-state index in [4.69, 9.17) is 23.8 Å². The molecule has 0 atom stereocenters. The highest BCUT2D eigenvalue weighted by Gasteiger charge is 2.13. The molecule has 0 unspecified atom stereocenters. The number of rotatable bonds is 3. The molecule has 1 fully saturated rings. The Labute approximate surface area is 129 Å². The molecule has 5 nitrogen and oxygen atoms in total. The number of nitrogens with zero attached hydrogens (tertiary/aromatic N) is 3. The fourth-order valence-electron chi connectivity index (χ4n) is 1.80. The van der Waals surface area contributed by atoms with Crippen LogP contribution in [0.25, 0.3) is 0 Å². The second-order valence-corrected chi connectivity index (χ2v) is 5.50. The maximum Gasteiger partial charge on any atom is 0.201 e. The normalized spacial score (nSPS) is 17.3. The van der Waals surface area contributed by atoms with Crippen molar-refractivity contribution >= 4 is 35.1 Å². The smallest absolute Gasteiger partial charge is 0.201 e. The lowest BCUT2D eigenvalue weighted by molar-refractivity contribution is 0.130. The van der Waals surface area contributed by atoms with Gasteiger partial charge in [0.1, 0.15) is 0 Å². The van der Waals surface area contributed by atoms with Crippen molar-refractivity contribution in [2.75, 3.05) is 33.2 Å². The van der Waals surface area contributed by atoms with Crippen LogP contribution in [0.1, 0.15) is 5.56 Å². The number of benzene rings is 1. The standard InChI is InChI=1S/C13H18ClN5S/c1-18-6-8-19(9-7-18)17-13(20)16-15-10-11-2-4-12(14)5-3-11/h2-5,10H,6-9H2,1H3,(H2,16,17,20)/b15-10+. The summed E-state index contributed by atoms with van der Waals surface area (Å²) in [5, 5.41) is 7.39. The number of nitrogens with one attached hydrogen (secondary N) is 2. The molecular formula is C13H18ClN5S. The molecule has 0 aromatic heterocycles. The predicted octanol–water partition coefficient (Wildman–Crippen LogP) is 1.30. The number of hydrogen-bond acceptors (Lipinski definition) is 4. The minimum Gasteiger partial charge on any atom is -0.304 e. The van der Waals surface area contributed by atoms with Crippen molar-refractivity contribution in [2.45, 2.75) is 0 Å². The van der Waals surface area contributed by atoms with Gasteiger partial charge in [0.2, 0.25) is 5.11 Å². The lowest BCUT2D eigenvalue weighted by atomic mass is 10.2. The second kappa shape index (κ2) is 7.54. The topological polar surface area (TPSA) is 42.9 Å². The molecule has 1 heterocycles. The molecule has 108 valence electrons. The van der Waals surface area contributed by atoms with Crippen LogP contribution in [0, 0.1) is 0 Å². The Kier molecular flexibility index (Phi) is 5.72. The molecule has 1 aromatic carbocycles. The van der Waals surface area contributed by atoms with E-state index in [1.165, 1.54) is 0 Å². The Morgan fingerprint density at radius 2 is 1.90 bits per heavy atom. The summed E-state index contributed by atoms with van der Waals surface area (Å²) in [6, 6.07) is 7.43. The zero-order valence-corrected chi connectivity index (χ0v) is 12.9. The van der Waals surface area contributed by atoms with Gasteiger partial charge >= 0.3 is 0 Å². The number of piperazine rings is 1. The summed E-state index contributed by atoms with van der Waals surface area (Å²) in [7, 11) is 2.12. The van der Waals surface area contributed by atoms with Gasteiger partial charge in [-0.1, -0.05) is 23.7 Å². The van der Waals surface area contributed by atoms with E-state index in [-0.39, 0.29) is 0 Å². The van der Waals surface area contributed by atoms with Crippen molar-refractivity contribution in [3.05, 3.63) is 34.9 Å². The summed E-state index contributed by atoms with van der Waals surface area (Å²) in [5.41, 5.74) is 6.90. The van der Waals surface area contributed by atoms with Gasteiger partial charge in [0.05, 0.1) is 6.21 Å². The quantitative estimate of drug-likeness (QED) is 0.500. The molecule has 1 aliphatic heterocycles. The molecule has 0 saturated carbocycles. The van der Waals surface area contributed by atoms with Crippen LogP contribution in [0.3, 0.4) is 0 Å². The molecule has 2 rings (SSSR count). The fourth-order valence-corrected chi connectivity index (χ4v) is 2.11. The molecule has 7 heteroatoms. The summed E-state index contributed by atoms with van der Waals surface area (Å²) < 4.78 is 0. The fraction of sp³-hybridized carbons (Fsp3) is 0.385. The Balaban J connectivity index is 1.73. The van der Waals surface area contributed by atoms with Crippen LogP contribution in [0.4, 0.5) is 0 Å². The van der Waals surface area contributed by atoms with Crippen LogP contribution >= 0.6 is 23.8 Å². The van der Waals surface area contributed by atoms with Crippen molar-refractivity contribution in [1.29, 1.82) is 0 Å². The van der Waals surface area contributed by atoms with Crippen LogP contribution in [-0.4, -0.2) is 54.5 Å². The van der Waals surface area contributed by atoms with E-state index >= 15 is 0 Å². The van der Waals surface area contributed by atoms with E-state index in [9.17, 15) is 0 Å². The lowest BCUT2D eigenvalue weighted by Crippen LogP contribution is -2.54. The van der Waals surface area contributed by atoms with E-state index < -0.39 is 0 Å². The van der Waals surface area contributed by atoms with Gasteiger partial charge in [0, 0.05) is 31.2 Å². The maximum absolute atomic E-state index is 5.82. The molecule has 0 bridgehead atoms. The van der Waals surface area contributed by atoms with Crippen LogP contribution in [-0.2, 0) is 0 Å². The number of hydrazine groups is 1. The van der Waals surface area contributed by atoms with Crippen molar-refractivity contribution in [2.24, 2.45) is 5.10 Å². The molecule has 0 spiro atoms. The first-order valence-electron chi connectivity index (χ1n) is 6.42. The first kappa shape index (κ1) is 15.2. The number of thiocarbonyl (C=S) groups is 1. The molecule has 0 radical (unpaired) electrons. The highest BCUT2D eigenvalue weighted by molar-refractivity contribution is 7.80. The minimum absolute atomic E-state index is 0.500. The average Bonchev–Trinajstić information content (AvgIpc) is 2.44. The molecule has 2 N–H and O–H groups in total. The third kappa shape index (κ3) is 5.05. The highest BCUT2D eigenvalue weighted by atomic mass is 35.5. The van der Waals surface area contributed by atoms with Crippen molar-refractivity contribution in [1.82, 2.24) is 20.8 Å². The van der Waals surface area contributed by atoms with Gasteiger partial charge in [0.15, 0.2) is 0 Å². The molecule has 20 heavy (non-hydrogen) atoms. The minimum atomic E-state index is 0.500. The Morgan fingerprint density at radius 1 is 1.25 bits per heavy atom. The summed E-state index contributed by atoms with van der Waals surface area (Å²) >= 11 is 11.0. The summed E-state index contributed by atoms with van der Waals surface area (Å²) in [5.74, 6) is 0. The first-order valence-corrected chi connectivity index (χ1v) is 7.21. The molecular weight excluding hydrogens is 294 g/mol. The SMILES string of the molecule is CN1CCN(NC(=S)N/N=C/c2ccc(Cl)cc2)CC1. The van der Waals surface area contributed by atoms with Gasteiger partial charge in [-0.25, -0.2) is 5.01 Å².